The normalized spacial score (nSPS) is 15.6. The second-order valence-electron chi connectivity index (χ2n) is 6.44. The molecule has 2 aromatic carbocycles. The summed E-state index contributed by atoms with van der Waals surface area (Å²) in [6.45, 7) is 1.90. The lowest BCUT2D eigenvalue weighted by atomic mass is 10.0. The molecule has 25 heavy (non-hydrogen) atoms. The molecule has 1 aliphatic carbocycles. The molecule has 2 aromatic rings. The van der Waals surface area contributed by atoms with Gasteiger partial charge in [0, 0.05) is 12.5 Å². The molecule has 0 saturated heterocycles. The van der Waals surface area contributed by atoms with Crippen LogP contribution in [0.4, 0.5) is 0 Å². The molecule has 0 bridgehead atoms. The number of carbonyl (C=O) groups excluding carboxylic acids is 1. The molecule has 1 fully saturated rings. The molecule has 0 unspecified atom stereocenters. The van der Waals surface area contributed by atoms with Crippen molar-refractivity contribution in [3.8, 4) is 0 Å². The van der Waals surface area contributed by atoms with E-state index in [0.717, 1.165) is 24.0 Å². The number of nitrogens with one attached hydrogen (secondary N) is 2. The summed E-state index contributed by atoms with van der Waals surface area (Å²) in [5.41, 5.74) is 1.76. The van der Waals surface area contributed by atoms with Crippen LogP contribution in [0.2, 0.25) is 0 Å². The molecule has 6 heteroatoms. The standard InChI is InChI=1S/C19H22N2O3S/c1-14-7-11-17(12-8-14)25(23,24)21-18(15-5-3-2-4-6-15)13-19(22)20-16-9-10-16/h2-8,11-12,16,18,21H,9-10,13H2,1H3,(H,20,22)/t18-/m1/s1. The minimum Gasteiger partial charge on any atom is -0.353 e. The molecular formula is C19H22N2O3S. The van der Waals surface area contributed by atoms with Gasteiger partial charge in [-0.1, -0.05) is 48.0 Å². The van der Waals surface area contributed by atoms with Gasteiger partial charge in [0.15, 0.2) is 0 Å². The van der Waals surface area contributed by atoms with E-state index in [1.807, 2.05) is 37.3 Å². The second-order valence-corrected chi connectivity index (χ2v) is 8.16. The molecule has 0 spiro atoms. The first-order valence-electron chi connectivity index (χ1n) is 8.37. The first kappa shape index (κ1) is 17.6. The van der Waals surface area contributed by atoms with Crippen molar-refractivity contribution in [3.63, 3.8) is 0 Å². The molecule has 0 aromatic heterocycles. The largest absolute Gasteiger partial charge is 0.353 e. The number of amides is 1. The van der Waals surface area contributed by atoms with E-state index in [0.29, 0.717) is 0 Å². The lowest BCUT2D eigenvalue weighted by Gasteiger charge is -2.19. The van der Waals surface area contributed by atoms with E-state index in [9.17, 15) is 13.2 Å². The second kappa shape index (κ2) is 7.37. The summed E-state index contributed by atoms with van der Waals surface area (Å²) in [4.78, 5) is 12.4. The van der Waals surface area contributed by atoms with E-state index in [4.69, 9.17) is 0 Å². The number of rotatable bonds is 7. The number of hydrogen-bond acceptors (Lipinski definition) is 3. The molecule has 0 heterocycles. The lowest BCUT2D eigenvalue weighted by molar-refractivity contribution is -0.121. The molecule has 0 radical (unpaired) electrons. The van der Waals surface area contributed by atoms with Crippen LogP contribution >= 0.6 is 0 Å². The highest BCUT2D eigenvalue weighted by Gasteiger charge is 2.27. The van der Waals surface area contributed by atoms with Crippen LogP contribution in [0.15, 0.2) is 59.5 Å². The third-order valence-corrected chi connectivity index (χ3v) is 5.65. The Bertz CT molecular complexity index is 829. The number of carbonyl (C=O) groups is 1. The Labute approximate surface area is 148 Å². The van der Waals surface area contributed by atoms with Crippen LogP contribution in [-0.4, -0.2) is 20.4 Å². The smallest absolute Gasteiger partial charge is 0.241 e. The van der Waals surface area contributed by atoms with Crippen molar-refractivity contribution in [1.82, 2.24) is 10.0 Å². The third kappa shape index (κ3) is 4.90. The Morgan fingerprint density at radius 3 is 2.32 bits per heavy atom. The summed E-state index contributed by atoms with van der Waals surface area (Å²) < 4.78 is 28.1. The summed E-state index contributed by atoms with van der Waals surface area (Å²) >= 11 is 0. The van der Waals surface area contributed by atoms with Crippen LogP contribution in [-0.2, 0) is 14.8 Å². The van der Waals surface area contributed by atoms with E-state index in [1.165, 1.54) is 0 Å². The van der Waals surface area contributed by atoms with Gasteiger partial charge in [-0.05, 0) is 37.5 Å². The summed E-state index contributed by atoms with van der Waals surface area (Å²) in [5, 5.41) is 2.91. The van der Waals surface area contributed by atoms with Gasteiger partial charge in [0.05, 0.1) is 10.9 Å². The molecule has 5 nitrogen and oxygen atoms in total. The van der Waals surface area contributed by atoms with Crippen LogP contribution < -0.4 is 10.0 Å². The van der Waals surface area contributed by atoms with Crippen LogP contribution in [0.3, 0.4) is 0 Å². The molecule has 132 valence electrons. The highest BCUT2D eigenvalue weighted by atomic mass is 32.2. The first-order chi connectivity index (χ1) is 11.9. The van der Waals surface area contributed by atoms with Gasteiger partial charge in [-0.3, -0.25) is 4.79 Å². The van der Waals surface area contributed by atoms with E-state index in [2.05, 4.69) is 10.0 Å². The Hall–Kier alpha value is -2.18. The Balaban J connectivity index is 1.80. The van der Waals surface area contributed by atoms with Gasteiger partial charge in [-0.2, -0.15) is 0 Å². The predicted molar refractivity (Wildman–Crippen MR) is 96.5 cm³/mol. The van der Waals surface area contributed by atoms with Crippen molar-refractivity contribution in [2.75, 3.05) is 0 Å². The molecule has 1 saturated carbocycles. The first-order valence-corrected chi connectivity index (χ1v) is 9.86. The van der Waals surface area contributed by atoms with Gasteiger partial charge in [0.25, 0.3) is 0 Å². The summed E-state index contributed by atoms with van der Waals surface area (Å²) in [7, 11) is -3.71. The quantitative estimate of drug-likeness (QED) is 0.799. The van der Waals surface area contributed by atoms with Crippen molar-refractivity contribution in [3.05, 3.63) is 65.7 Å². The molecule has 1 aliphatic rings. The van der Waals surface area contributed by atoms with Gasteiger partial charge in [0.2, 0.25) is 15.9 Å². The van der Waals surface area contributed by atoms with E-state index in [-0.39, 0.29) is 23.3 Å². The van der Waals surface area contributed by atoms with Crippen LogP contribution in [0.1, 0.15) is 36.4 Å². The average Bonchev–Trinajstić information content (AvgIpc) is 3.39. The Morgan fingerprint density at radius 1 is 1.08 bits per heavy atom. The van der Waals surface area contributed by atoms with Crippen LogP contribution in [0, 0.1) is 6.92 Å². The summed E-state index contributed by atoms with van der Waals surface area (Å²) in [5.74, 6) is -0.136. The highest BCUT2D eigenvalue weighted by Crippen LogP contribution is 2.23. The zero-order chi connectivity index (χ0) is 17.9. The van der Waals surface area contributed by atoms with Crippen molar-refractivity contribution < 1.29 is 13.2 Å². The Kier molecular flexibility index (Phi) is 5.20. The van der Waals surface area contributed by atoms with Crippen molar-refractivity contribution in [2.24, 2.45) is 0 Å². The zero-order valence-electron chi connectivity index (χ0n) is 14.1. The molecule has 3 rings (SSSR count). The maximum absolute atomic E-state index is 12.7. The zero-order valence-corrected chi connectivity index (χ0v) is 14.9. The molecular weight excluding hydrogens is 336 g/mol. The minimum absolute atomic E-state index is 0.0750. The van der Waals surface area contributed by atoms with Gasteiger partial charge in [0.1, 0.15) is 0 Å². The highest BCUT2D eigenvalue weighted by molar-refractivity contribution is 7.89. The van der Waals surface area contributed by atoms with Crippen molar-refractivity contribution in [2.45, 2.75) is 43.2 Å². The van der Waals surface area contributed by atoms with Crippen molar-refractivity contribution in [1.29, 1.82) is 0 Å². The summed E-state index contributed by atoms with van der Waals surface area (Å²) in [6, 6.07) is 15.5. The molecule has 1 amide bonds. The SMILES string of the molecule is Cc1ccc(S(=O)(=O)N[C@H](CC(=O)NC2CC2)c2ccccc2)cc1. The fourth-order valence-corrected chi connectivity index (χ4v) is 3.81. The van der Waals surface area contributed by atoms with E-state index in [1.54, 1.807) is 24.3 Å². The maximum atomic E-state index is 12.7. The van der Waals surface area contributed by atoms with Gasteiger partial charge >= 0.3 is 0 Å². The average molecular weight is 358 g/mol. The number of aryl methyl sites for hydroxylation is 1. The monoisotopic (exact) mass is 358 g/mol. The van der Waals surface area contributed by atoms with E-state index >= 15 is 0 Å². The number of benzene rings is 2. The fraction of sp³-hybridized carbons (Fsp3) is 0.316. The minimum atomic E-state index is -3.71. The maximum Gasteiger partial charge on any atom is 0.241 e. The molecule has 1 atom stereocenters. The summed E-state index contributed by atoms with van der Waals surface area (Å²) in [6.07, 6.45) is 2.07. The Morgan fingerprint density at radius 2 is 1.72 bits per heavy atom. The topological polar surface area (TPSA) is 75.3 Å². The number of hydrogen-bond donors (Lipinski definition) is 2. The molecule has 0 aliphatic heterocycles. The van der Waals surface area contributed by atoms with Crippen LogP contribution in [0.25, 0.3) is 0 Å². The van der Waals surface area contributed by atoms with E-state index < -0.39 is 16.1 Å². The predicted octanol–water partition coefficient (Wildman–Crippen LogP) is 2.68. The van der Waals surface area contributed by atoms with Gasteiger partial charge < -0.3 is 5.32 Å². The third-order valence-electron chi connectivity index (χ3n) is 4.16. The lowest BCUT2D eigenvalue weighted by Crippen LogP contribution is -2.34. The molecule has 2 N–H and O–H groups in total. The van der Waals surface area contributed by atoms with Crippen LogP contribution in [0.5, 0.6) is 0 Å². The van der Waals surface area contributed by atoms with Gasteiger partial charge in [-0.25, -0.2) is 13.1 Å². The number of sulfonamides is 1. The van der Waals surface area contributed by atoms with Crippen molar-refractivity contribution >= 4 is 15.9 Å². The van der Waals surface area contributed by atoms with Gasteiger partial charge in [-0.15, -0.1) is 0 Å². The fourth-order valence-electron chi connectivity index (χ4n) is 2.59.